The lowest BCUT2D eigenvalue weighted by molar-refractivity contribution is -0.118. The van der Waals surface area contributed by atoms with Crippen LogP contribution in [0.3, 0.4) is 0 Å². The van der Waals surface area contributed by atoms with Crippen molar-refractivity contribution in [1.29, 1.82) is 0 Å². The predicted octanol–water partition coefficient (Wildman–Crippen LogP) is 2.10. The molecular weight excluding hydrogens is 282 g/mol. The van der Waals surface area contributed by atoms with Crippen molar-refractivity contribution in [1.82, 2.24) is 10.3 Å². The van der Waals surface area contributed by atoms with E-state index in [1.165, 1.54) is 0 Å². The number of carbonyl (C=O) groups excluding carboxylic acids is 1. The molecule has 0 radical (unpaired) electrons. The lowest BCUT2D eigenvalue weighted by Gasteiger charge is -2.31. The maximum Gasteiger partial charge on any atom is 0.243 e. The third kappa shape index (κ3) is 3.04. The van der Waals surface area contributed by atoms with Crippen molar-refractivity contribution in [3.63, 3.8) is 0 Å². The molecule has 92 valence electrons. The molecule has 1 aromatic heterocycles. The van der Waals surface area contributed by atoms with Crippen LogP contribution < -0.4 is 10.6 Å². The highest BCUT2D eigenvalue weighted by molar-refractivity contribution is 9.10. The minimum Gasteiger partial charge on any atom is -0.309 e. The maximum absolute atomic E-state index is 11.9. The number of pyridine rings is 1. The maximum atomic E-state index is 11.9. The number of halogens is 1. The number of nitrogens with zero attached hydrogens (tertiary/aromatic N) is 1. The van der Waals surface area contributed by atoms with Gasteiger partial charge in [-0.3, -0.25) is 4.79 Å². The van der Waals surface area contributed by atoms with Gasteiger partial charge in [0.15, 0.2) is 0 Å². The lowest BCUT2D eigenvalue weighted by Crippen LogP contribution is -2.52. The Kier molecular flexibility index (Phi) is 3.23. The molecule has 4 nitrogen and oxygen atoms in total. The van der Waals surface area contributed by atoms with Crippen LogP contribution in [-0.2, 0) is 11.2 Å². The largest absolute Gasteiger partial charge is 0.309 e. The minimum absolute atomic E-state index is 0.0118. The van der Waals surface area contributed by atoms with Gasteiger partial charge in [-0.15, -0.1) is 0 Å². The van der Waals surface area contributed by atoms with Gasteiger partial charge in [0.05, 0.1) is 6.04 Å². The Bertz CT molecular complexity index is 454. The van der Waals surface area contributed by atoms with Crippen molar-refractivity contribution in [3.05, 3.63) is 22.3 Å². The first-order valence-corrected chi connectivity index (χ1v) is 6.37. The van der Waals surface area contributed by atoms with Crippen molar-refractivity contribution in [2.24, 2.45) is 0 Å². The van der Waals surface area contributed by atoms with E-state index < -0.39 is 0 Å². The highest BCUT2D eigenvalue weighted by Gasteiger charge is 2.29. The molecule has 1 aliphatic rings. The van der Waals surface area contributed by atoms with E-state index in [0.29, 0.717) is 12.2 Å². The summed E-state index contributed by atoms with van der Waals surface area (Å²) in [5, 5.41) is 6.14. The zero-order chi connectivity index (χ0) is 12.6. The quantitative estimate of drug-likeness (QED) is 0.835. The number of amides is 1. The third-order valence-corrected chi connectivity index (χ3v) is 2.96. The molecule has 1 aromatic rings. The van der Waals surface area contributed by atoms with Crippen LogP contribution in [0.15, 0.2) is 16.7 Å². The van der Waals surface area contributed by atoms with Gasteiger partial charge < -0.3 is 10.6 Å². The first-order valence-electron chi connectivity index (χ1n) is 5.58. The number of fused-ring (bicyclic) bond motifs is 1. The smallest absolute Gasteiger partial charge is 0.243 e. The number of anilines is 1. The molecule has 5 heteroatoms. The molecule has 1 unspecified atom stereocenters. The number of carbonyl (C=O) groups is 1. The summed E-state index contributed by atoms with van der Waals surface area (Å²) in [4.78, 5) is 16.1. The topological polar surface area (TPSA) is 54.0 Å². The van der Waals surface area contributed by atoms with Crippen LogP contribution in [0.1, 0.15) is 26.3 Å². The fourth-order valence-corrected chi connectivity index (χ4v) is 2.28. The van der Waals surface area contributed by atoms with Gasteiger partial charge >= 0.3 is 0 Å². The third-order valence-electron chi connectivity index (χ3n) is 2.52. The van der Waals surface area contributed by atoms with E-state index in [1.807, 2.05) is 6.07 Å². The van der Waals surface area contributed by atoms with E-state index in [4.69, 9.17) is 0 Å². The zero-order valence-corrected chi connectivity index (χ0v) is 11.8. The van der Waals surface area contributed by atoms with E-state index in [1.54, 1.807) is 6.20 Å². The number of hydrogen-bond donors (Lipinski definition) is 2. The number of aromatic nitrogens is 1. The molecule has 0 bridgehead atoms. The normalized spacial score (nSPS) is 19.8. The molecular formula is C12H16BrN3O. The number of hydrogen-bond acceptors (Lipinski definition) is 3. The molecule has 17 heavy (non-hydrogen) atoms. The van der Waals surface area contributed by atoms with Gasteiger partial charge in [0.25, 0.3) is 0 Å². The fraction of sp³-hybridized carbons (Fsp3) is 0.500. The molecule has 1 amide bonds. The van der Waals surface area contributed by atoms with Gasteiger partial charge in [-0.25, -0.2) is 4.98 Å². The summed E-state index contributed by atoms with van der Waals surface area (Å²) >= 11 is 3.39. The summed E-state index contributed by atoms with van der Waals surface area (Å²) in [6.07, 6.45) is 2.36. The van der Waals surface area contributed by atoms with Gasteiger partial charge in [0.1, 0.15) is 5.82 Å². The predicted molar refractivity (Wildman–Crippen MR) is 70.9 cm³/mol. The second-order valence-electron chi connectivity index (χ2n) is 5.30. The first kappa shape index (κ1) is 12.5. The highest BCUT2D eigenvalue weighted by Crippen LogP contribution is 2.24. The van der Waals surface area contributed by atoms with Gasteiger partial charge in [-0.05, 0) is 48.3 Å². The Labute approximate surface area is 109 Å². The van der Waals surface area contributed by atoms with Gasteiger partial charge in [0.2, 0.25) is 5.91 Å². The molecule has 0 saturated heterocycles. The Morgan fingerprint density at radius 1 is 1.53 bits per heavy atom. The Morgan fingerprint density at radius 2 is 2.24 bits per heavy atom. The first-order chi connectivity index (χ1) is 7.85. The van der Waals surface area contributed by atoms with Crippen molar-refractivity contribution in [2.75, 3.05) is 5.32 Å². The van der Waals surface area contributed by atoms with Gasteiger partial charge in [-0.1, -0.05) is 0 Å². The SMILES string of the molecule is CC(C)(C)NC1Cc2cc(Br)cnc2NC1=O. The summed E-state index contributed by atoms with van der Waals surface area (Å²) in [5.41, 5.74) is 0.972. The molecule has 0 spiro atoms. The Balaban J connectivity index is 2.22. The van der Waals surface area contributed by atoms with E-state index in [2.05, 4.69) is 52.3 Å². The van der Waals surface area contributed by atoms with E-state index in [9.17, 15) is 4.79 Å². The van der Waals surface area contributed by atoms with Crippen LogP contribution in [-0.4, -0.2) is 22.5 Å². The second-order valence-corrected chi connectivity index (χ2v) is 6.22. The van der Waals surface area contributed by atoms with Gasteiger partial charge in [-0.2, -0.15) is 0 Å². The van der Waals surface area contributed by atoms with Crippen LogP contribution in [0, 0.1) is 0 Å². The molecule has 2 heterocycles. The summed E-state index contributed by atoms with van der Waals surface area (Å²) in [7, 11) is 0. The van der Waals surface area contributed by atoms with Gasteiger partial charge in [0, 0.05) is 22.6 Å². The molecule has 0 aromatic carbocycles. The second kappa shape index (κ2) is 4.38. The molecule has 2 rings (SSSR count). The van der Waals surface area contributed by atoms with Crippen LogP contribution >= 0.6 is 15.9 Å². The van der Waals surface area contributed by atoms with Crippen LogP contribution in [0.4, 0.5) is 5.82 Å². The van der Waals surface area contributed by atoms with Crippen molar-refractivity contribution < 1.29 is 4.79 Å². The average molecular weight is 298 g/mol. The number of nitrogens with one attached hydrogen (secondary N) is 2. The Hall–Kier alpha value is -0.940. The fourth-order valence-electron chi connectivity index (χ4n) is 1.91. The summed E-state index contributed by atoms with van der Waals surface area (Å²) < 4.78 is 0.932. The average Bonchev–Trinajstić information content (AvgIpc) is 2.17. The Morgan fingerprint density at radius 3 is 2.88 bits per heavy atom. The molecule has 0 aliphatic carbocycles. The molecule has 2 N–H and O–H groups in total. The van der Waals surface area contributed by atoms with Crippen LogP contribution in [0.5, 0.6) is 0 Å². The van der Waals surface area contributed by atoms with E-state index >= 15 is 0 Å². The lowest BCUT2D eigenvalue weighted by atomic mass is 9.98. The van der Waals surface area contributed by atoms with Crippen molar-refractivity contribution in [2.45, 2.75) is 38.8 Å². The standard InChI is InChI=1S/C12H16BrN3O/c1-12(2,3)16-9-5-7-4-8(13)6-14-10(7)15-11(9)17/h4,6,9,16H,5H2,1-3H3,(H,14,15,17). The molecule has 0 saturated carbocycles. The van der Waals surface area contributed by atoms with Crippen molar-refractivity contribution in [3.8, 4) is 0 Å². The number of rotatable bonds is 1. The van der Waals surface area contributed by atoms with Crippen molar-refractivity contribution >= 4 is 27.7 Å². The summed E-state index contributed by atoms with van der Waals surface area (Å²) in [6, 6.07) is 1.80. The van der Waals surface area contributed by atoms with Crippen LogP contribution in [0.2, 0.25) is 0 Å². The summed E-state index contributed by atoms with van der Waals surface area (Å²) in [5.74, 6) is 0.660. The summed E-state index contributed by atoms with van der Waals surface area (Å²) in [6.45, 7) is 6.15. The molecule has 1 aliphatic heterocycles. The zero-order valence-electron chi connectivity index (χ0n) is 10.2. The molecule has 1 atom stereocenters. The molecule has 0 fully saturated rings. The monoisotopic (exact) mass is 297 g/mol. The highest BCUT2D eigenvalue weighted by atomic mass is 79.9. The minimum atomic E-state index is -0.196. The van der Waals surface area contributed by atoms with Crippen LogP contribution in [0.25, 0.3) is 0 Å². The van der Waals surface area contributed by atoms with E-state index in [-0.39, 0.29) is 17.5 Å². The van der Waals surface area contributed by atoms with E-state index in [0.717, 1.165) is 10.0 Å².